The lowest BCUT2D eigenvalue weighted by Gasteiger charge is -2.41. The van der Waals surface area contributed by atoms with Crippen molar-refractivity contribution >= 4 is 34.8 Å². The summed E-state index contributed by atoms with van der Waals surface area (Å²) in [7, 11) is 3.18. The number of rotatable bonds is 12. The molecule has 1 aliphatic carbocycles. The van der Waals surface area contributed by atoms with Gasteiger partial charge in [0.2, 0.25) is 11.8 Å². The SMILES string of the molecule is COc1nc(-c2cccc(-c3ccnc(-c4cc(OC)c5nc(CN[C@H]6C[C@@](C)(O)C6)nn5c4)c3Cl)c2Cl)ccc1CNC[C@@H]1CCC(=O)N1. The fourth-order valence-corrected chi connectivity index (χ4v) is 7.32. The van der Waals surface area contributed by atoms with Crippen molar-refractivity contribution in [2.45, 2.75) is 63.4 Å². The molecule has 7 rings (SSSR count). The number of halogens is 2. The number of aromatic nitrogens is 5. The summed E-state index contributed by atoms with van der Waals surface area (Å²) in [6.07, 6.45) is 6.31. The van der Waals surface area contributed by atoms with Gasteiger partial charge in [0.25, 0.3) is 0 Å². The minimum Gasteiger partial charge on any atom is -0.493 e. The smallest absolute Gasteiger partial charge is 0.220 e. The van der Waals surface area contributed by atoms with Gasteiger partial charge >= 0.3 is 0 Å². The number of benzene rings is 1. The maximum Gasteiger partial charge on any atom is 0.220 e. The summed E-state index contributed by atoms with van der Waals surface area (Å²) in [6, 6.07) is 13.7. The van der Waals surface area contributed by atoms with Crippen molar-refractivity contribution < 1.29 is 19.4 Å². The van der Waals surface area contributed by atoms with Gasteiger partial charge in [0.15, 0.2) is 17.2 Å². The van der Waals surface area contributed by atoms with Gasteiger partial charge in [0.1, 0.15) is 0 Å². The van der Waals surface area contributed by atoms with E-state index in [9.17, 15) is 9.90 Å². The number of fused-ring (bicyclic) bond motifs is 1. The maximum absolute atomic E-state index is 11.5. The topological polar surface area (TPSA) is 148 Å². The lowest BCUT2D eigenvalue weighted by Crippen LogP contribution is -2.51. The zero-order chi connectivity index (χ0) is 35.0. The van der Waals surface area contributed by atoms with Gasteiger partial charge in [0.05, 0.1) is 47.8 Å². The zero-order valence-corrected chi connectivity index (χ0v) is 29.5. The zero-order valence-electron chi connectivity index (χ0n) is 28.0. The van der Waals surface area contributed by atoms with Crippen LogP contribution in [0.1, 0.15) is 44.0 Å². The van der Waals surface area contributed by atoms with E-state index in [0.717, 1.165) is 23.1 Å². The van der Waals surface area contributed by atoms with Crippen LogP contribution in [0.5, 0.6) is 11.6 Å². The molecular formula is C36H38Cl2N8O4. The molecule has 1 aliphatic heterocycles. The first kappa shape index (κ1) is 34.1. The largest absolute Gasteiger partial charge is 0.493 e. The van der Waals surface area contributed by atoms with Crippen molar-refractivity contribution in [3.8, 4) is 45.3 Å². The molecule has 14 heteroatoms. The van der Waals surface area contributed by atoms with Crippen LogP contribution in [0.3, 0.4) is 0 Å². The van der Waals surface area contributed by atoms with Crippen molar-refractivity contribution in [3.63, 3.8) is 0 Å². The molecule has 2 fully saturated rings. The highest BCUT2D eigenvalue weighted by molar-refractivity contribution is 6.39. The number of carbonyl (C=O) groups is 1. The van der Waals surface area contributed by atoms with Crippen molar-refractivity contribution in [1.82, 2.24) is 40.5 Å². The minimum atomic E-state index is -0.611. The number of nitrogens with one attached hydrogen (secondary N) is 3. The molecule has 1 saturated heterocycles. The second kappa shape index (κ2) is 14.1. The Hall–Kier alpha value is -4.33. The van der Waals surface area contributed by atoms with E-state index in [4.69, 9.17) is 37.7 Å². The van der Waals surface area contributed by atoms with E-state index in [1.54, 1.807) is 24.9 Å². The number of hydrogen-bond donors (Lipinski definition) is 4. The predicted molar refractivity (Wildman–Crippen MR) is 191 cm³/mol. The fourth-order valence-electron chi connectivity index (χ4n) is 6.67. The molecule has 260 valence electrons. The highest BCUT2D eigenvalue weighted by atomic mass is 35.5. The van der Waals surface area contributed by atoms with Crippen LogP contribution in [-0.2, 0) is 17.9 Å². The van der Waals surface area contributed by atoms with Gasteiger partial charge in [-0.1, -0.05) is 47.5 Å². The molecule has 50 heavy (non-hydrogen) atoms. The number of hydrogen-bond acceptors (Lipinski definition) is 10. The van der Waals surface area contributed by atoms with E-state index in [1.165, 1.54) is 0 Å². The van der Waals surface area contributed by atoms with Crippen molar-refractivity contribution in [2.75, 3.05) is 20.8 Å². The summed E-state index contributed by atoms with van der Waals surface area (Å²) in [5.41, 5.74) is 4.89. The third-order valence-corrected chi connectivity index (χ3v) is 10.0. The van der Waals surface area contributed by atoms with E-state index in [1.807, 2.05) is 55.6 Å². The number of amides is 1. The summed E-state index contributed by atoms with van der Waals surface area (Å²) in [6.45, 7) is 3.52. The van der Waals surface area contributed by atoms with Gasteiger partial charge in [-0.2, -0.15) is 0 Å². The van der Waals surface area contributed by atoms with Crippen LogP contribution in [0.25, 0.3) is 39.3 Å². The standard InChI is InChI=1S/C36H38Cl2N8O4/c1-36(48)14-23(15-36)41-18-29-44-34-28(49-2)13-21(19-46(34)45-29)33-32(38)25(11-12-40-33)24-5-4-6-26(31(24)37)27-9-7-20(35(43-27)50-3)16-39-17-22-8-10-30(47)42-22/h4-7,9,11-13,19,22-23,39,41,48H,8,10,14-18H2,1-3H3,(H,42,47)/t22-,23-,36+/m0/s1. The number of aliphatic hydroxyl groups is 1. The van der Waals surface area contributed by atoms with E-state index < -0.39 is 5.60 Å². The Kier molecular flexibility index (Phi) is 9.64. The van der Waals surface area contributed by atoms with Crippen molar-refractivity contribution in [3.05, 3.63) is 76.3 Å². The van der Waals surface area contributed by atoms with E-state index in [-0.39, 0.29) is 18.0 Å². The molecule has 2 aliphatic rings. The highest BCUT2D eigenvalue weighted by Gasteiger charge is 2.38. The first-order valence-electron chi connectivity index (χ1n) is 16.5. The molecule has 0 unspecified atom stereocenters. The number of methoxy groups -OCH3 is 2. The number of pyridine rings is 3. The molecule has 4 aromatic heterocycles. The second-order valence-electron chi connectivity index (χ2n) is 13.1. The molecule has 5 heterocycles. The van der Waals surface area contributed by atoms with Gasteiger partial charge in [0, 0.05) is 71.8 Å². The summed E-state index contributed by atoms with van der Waals surface area (Å²) < 4.78 is 13.0. The number of carbonyl (C=O) groups excluding carboxylic acids is 1. The summed E-state index contributed by atoms with van der Waals surface area (Å²) in [4.78, 5) is 25.6. The first-order valence-corrected chi connectivity index (χ1v) is 17.2. The molecule has 5 aromatic rings. The van der Waals surface area contributed by atoms with Gasteiger partial charge in [-0.25, -0.2) is 14.5 Å². The molecule has 0 bridgehead atoms. The monoisotopic (exact) mass is 716 g/mol. The van der Waals surface area contributed by atoms with Crippen LogP contribution in [-0.4, -0.2) is 74.0 Å². The van der Waals surface area contributed by atoms with Gasteiger partial charge in [-0.05, 0) is 44.4 Å². The van der Waals surface area contributed by atoms with Crippen LogP contribution in [0.4, 0.5) is 0 Å². The molecule has 4 N–H and O–H groups in total. The Labute approximate surface area is 299 Å². The molecule has 0 spiro atoms. The van der Waals surface area contributed by atoms with Crippen molar-refractivity contribution in [2.24, 2.45) is 0 Å². The molecule has 1 saturated carbocycles. The molecule has 12 nitrogen and oxygen atoms in total. The summed E-state index contributed by atoms with van der Waals surface area (Å²) in [5, 5.41) is 25.4. The molecular weight excluding hydrogens is 679 g/mol. The van der Waals surface area contributed by atoms with Gasteiger partial charge in [-0.3, -0.25) is 9.78 Å². The molecule has 1 amide bonds. The van der Waals surface area contributed by atoms with E-state index in [2.05, 4.69) is 31.0 Å². The van der Waals surface area contributed by atoms with Crippen LogP contribution >= 0.6 is 23.2 Å². The van der Waals surface area contributed by atoms with Crippen LogP contribution in [0, 0.1) is 0 Å². The van der Waals surface area contributed by atoms with E-state index in [0.29, 0.717) is 94.6 Å². The van der Waals surface area contributed by atoms with Crippen LogP contribution in [0.2, 0.25) is 10.0 Å². The van der Waals surface area contributed by atoms with Crippen LogP contribution in [0.15, 0.2) is 54.9 Å². The first-order chi connectivity index (χ1) is 24.1. The Bertz CT molecular complexity index is 2060. The quantitative estimate of drug-likeness (QED) is 0.136. The maximum atomic E-state index is 11.5. The van der Waals surface area contributed by atoms with E-state index >= 15 is 0 Å². The third-order valence-electron chi connectivity index (χ3n) is 9.24. The average Bonchev–Trinajstić information content (AvgIpc) is 3.71. The number of ether oxygens (including phenoxy) is 2. The summed E-state index contributed by atoms with van der Waals surface area (Å²) >= 11 is 14.2. The Balaban J connectivity index is 1.14. The average molecular weight is 718 g/mol. The number of nitrogens with zero attached hydrogens (tertiary/aromatic N) is 5. The Morgan fingerprint density at radius 3 is 2.58 bits per heavy atom. The lowest BCUT2D eigenvalue weighted by atomic mass is 9.77. The second-order valence-corrected chi connectivity index (χ2v) is 13.8. The van der Waals surface area contributed by atoms with Gasteiger partial charge < -0.3 is 30.5 Å². The predicted octanol–water partition coefficient (Wildman–Crippen LogP) is 5.22. The molecule has 1 aromatic carbocycles. The fraction of sp³-hybridized carbons (Fsp3) is 0.361. The normalized spacial score (nSPS) is 20.2. The third kappa shape index (κ3) is 6.99. The molecule has 0 radical (unpaired) electrons. The minimum absolute atomic E-state index is 0.0942. The van der Waals surface area contributed by atoms with Crippen molar-refractivity contribution in [1.29, 1.82) is 0 Å². The highest BCUT2D eigenvalue weighted by Crippen LogP contribution is 2.42. The van der Waals surface area contributed by atoms with Gasteiger partial charge in [-0.15, -0.1) is 5.10 Å². The lowest BCUT2D eigenvalue weighted by molar-refractivity contribution is -0.119. The molecule has 1 atom stereocenters. The Morgan fingerprint density at radius 2 is 1.84 bits per heavy atom. The Morgan fingerprint density at radius 1 is 1.04 bits per heavy atom. The van der Waals surface area contributed by atoms with Crippen LogP contribution < -0.4 is 25.4 Å². The summed E-state index contributed by atoms with van der Waals surface area (Å²) in [5.74, 6) is 1.72.